The van der Waals surface area contributed by atoms with Crippen LogP contribution in [0.5, 0.6) is 0 Å². The topological polar surface area (TPSA) is 210 Å². The van der Waals surface area contributed by atoms with E-state index in [9.17, 15) is 46.0 Å². The molecule has 12 heteroatoms. The normalized spacial score (nSPS) is 54.9. The van der Waals surface area contributed by atoms with Crippen molar-refractivity contribution in [3.8, 4) is 0 Å². The third-order valence-corrected chi connectivity index (χ3v) is 3.77. The predicted molar refractivity (Wildman–Crippen MR) is 64.9 cm³/mol. The summed E-state index contributed by atoms with van der Waals surface area (Å²) in [6.07, 6.45) is -17.3. The first kappa shape index (κ1) is 18.9. The highest BCUT2D eigenvalue weighted by molar-refractivity contribution is 4.96. The van der Waals surface area contributed by atoms with Crippen molar-refractivity contribution in [3.63, 3.8) is 0 Å². The Morgan fingerprint density at radius 2 is 1.35 bits per heavy atom. The van der Waals surface area contributed by atoms with E-state index >= 15 is 0 Å². The van der Waals surface area contributed by atoms with Crippen molar-refractivity contribution in [2.45, 2.75) is 61.3 Å². The molecule has 12 nitrogen and oxygen atoms in total. The molecule has 0 aromatic carbocycles. The zero-order chi connectivity index (χ0) is 17.5. The fraction of sp³-hybridized carbons (Fsp3) is 1.00. The first-order chi connectivity index (χ1) is 10.6. The fourth-order valence-electron chi connectivity index (χ4n) is 2.36. The summed E-state index contributed by atoms with van der Waals surface area (Å²) in [5, 5.41) is 86.1. The van der Waals surface area contributed by atoms with Gasteiger partial charge in [0.05, 0.1) is 6.61 Å². The molecule has 0 saturated carbocycles. The minimum Gasteiger partial charge on any atom is -0.391 e. The number of rotatable bonds is 3. The van der Waals surface area contributed by atoms with Crippen LogP contribution in [0.2, 0.25) is 0 Å². The van der Waals surface area contributed by atoms with Crippen molar-refractivity contribution in [2.75, 3.05) is 6.61 Å². The highest BCUT2D eigenvalue weighted by Gasteiger charge is 2.56. The molecule has 10 atom stereocenters. The predicted octanol–water partition coefficient (Wildman–Crippen LogP) is -6.12. The van der Waals surface area contributed by atoms with Crippen LogP contribution < -0.4 is 0 Å². The molecule has 0 spiro atoms. The van der Waals surface area contributed by atoms with Crippen molar-refractivity contribution in [2.24, 2.45) is 0 Å². The van der Waals surface area contributed by atoms with Gasteiger partial charge in [-0.2, -0.15) is 0 Å². The first-order valence-electron chi connectivity index (χ1n) is 6.71. The summed E-state index contributed by atoms with van der Waals surface area (Å²) >= 11 is 0. The van der Waals surface area contributed by atoms with Gasteiger partial charge in [0.2, 0.25) is 5.79 Å². The van der Waals surface area contributed by atoms with Crippen LogP contribution in [-0.4, -0.2) is 114 Å². The highest BCUT2D eigenvalue weighted by Crippen LogP contribution is 2.32. The molecule has 0 aliphatic carbocycles. The molecular formula is C11H20O12. The van der Waals surface area contributed by atoms with E-state index in [2.05, 4.69) is 4.74 Å². The second-order valence-corrected chi connectivity index (χ2v) is 5.42. The Morgan fingerprint density at radius 3 is 1.91 bits per heavy atom. The van der Waals surface area contributed by atoms with Crippen molar-refractivity contribution < 1.29 is 60.2 Å². The molecule has 9 N–H and O–H groups in total. The molecule has 0 radical (unpaired) electrons. The number of hydrogen-bond acceptors (Lipinski definition) is 12. The Labute approximate surface area is 129 Å². The van der Waals surface area contributed by atoms with E-state index in [0.717, 1.165) is 0 Å². The molecule has 0 aromatic heterocycles. The maximum Gasteiger partial charge on any atom is 0.221 e. The molecule has 0 bridgehead atoms. The third kappa shape index (κ3) is 3.34. The van der Waals surface area contributed by atoms with Gasteiger partial charge in [-0.3, -0.25) is 0 Å². The van der Waals surface area contributed by atoms with Crippen molar-refractivity contribution in [1.29, 1.82) is 0 Å². The molecule has 2 saturated heterocycles. The second kappa shape index (κ2) is 6.79. The average Bonchev–Trinajstić information content (AvgIpc) is 2.52. The smallest absolute Gasteiger partial charge is 0.221 e. The van der Waals surface area contributed by atoms with Crippen LogP contribution in [0.3, 0.4) is 0 Å². The van der Waals surface area contributed by atoms with Gasteiger partial charge in [-0.1, -0.05) is 0 Å². The summed E-state index contributed by atoms with van der Waals surface area (Å²) in [4.78, 5) is 0. The van der Waals surface area contributed by atoms with Gasteiger partial charge in [0.15, 0.2) is 18.9 Å². The van der Waals surface area contributed by atoms with E-state index in [0.29, 0.717) is 0 Å². The van der Waals surface area contributed by atoms with Gasteiger partial charge in [-0.25, -0.2) is 0 Å². The Morgan fingerprint density at radius 1 is 0.783 bits per heavy atom. The highest BCUT2D eigenvalue weighted by atomic mass is 16.8. The lowest BCUT2D eigenvalue weighted by atomic mass is 9.95. The van der Waals surface area contributed by atoms with E-state index < -0.39 is 67.9 Å². The van der Waals surface area contributed by atoms with E-state index in [1.165, 1.54) is 0 Å². The fourth-order valence-corrected chi connectivity index (χ4v) is 2.36. The summed E-state index contributed by atoms with van der Waals surface area (Å²) in [5.74, 6) is -2.67. The maximum absolute atomic E-state index is 10.1. The third-order valence-electron chi connectivity index (χ3n) is 3.77. The number of aliphatic hydroxyl groups excluding tert-OH is 8. The lowest BCUT2D eigenvalue weighted by Crippen LogP contribution is -2.69. The summed E-state index contributed by atoms with van der Waals surface area (Å²) in [6.45, 7) is -1.17. The van der Waals surface area contributed by atoms with Crippen LogP contribution in [0.25, 0.3) is 0 Å². The summed E-state index contributed by atoms with van der Waals surface area (Å²) in [6, 6.07) is 0. The van der Waals surface area contributed by atoms with E-state index in [-0.39, 0.29) is 0 Å². The second-order valence-electron chi connectivity index (χ2n) is 5.42. The molecule has 2 aliphatic rings. The van der Waals surface area contributed by atoms with E-state index in [4.69, 9.17) is 9.47 Å². The van der Waals surface area contributed by atoms with Crippen molar-refractivity contribution >= 4 is 0 Å². The zero-order valence-electron chi connectivity index (χ0n) is 11.7. The molecule has 23 heavy (non-hydrogen) atoms. The van der Waals surface area contributed by atoms with E-state index in [1.807, 2.05) is 0 Å². The lowest BCUT2D eigenvalue weighted by Gasteiger charge is -2.47. The lowest BCUT2D eigenvalue weighted by molar-refractivity contribution is -0.428. The Balaban J connectivity index is 2.18. The molecule has 136 valence electrons. The molecular weight excluding hydrogens is 324 g/mol. The van der Waals surface area contributed by atoms with Gasteiger partial charge in [0.1, 0.15) is 36.6 Å². The molecule has 0 unspecified atom stereocenters. The van der Waals surface area contributed by atoms with Gasteiger partial charge in [-0.15, -0.1) is 0 Å². The summed E-state index contributed by atoms with van der Waals surface area (Å²) in [7, 11) is 0. The van der Waals surface area contributed by atoms with Crippen molar-refractivity contribution in [1.82, 2.24) is 0 Å². The van der Waals surface area contributed by atoms with Crippen LogP contribution in [0, 0.1) is 0 Å². The van der Waals surface area contributed by atoms with Gasteiger partial charge in [-0.05, 0) is 0 Å². The number of ether oxygens (including phenoxy) is 3. The SMILES string of the molecule is OC[C@@]1(O)O[C@@H](O)[C@H](O)[C@H](O)[C@@H]1O[C@@H]1O[C@H](O)[C@@H](O)[C@H](O)[C@H]1O. The molecule has 2 heterocycles. The van der Waals surface area contributed by atoms with Gasteiger partial charge >= 0.3 is 0 Å². The van der Waals surface area contributed by atoms with Gasteiger partial charge < -0.3 is 60.2 Å². The number of hydrogen-bond donors (Lipinski definition) is 9. The van der Waals surface area contributed by atoms with Gasteiger partial charge in [0, 0.05) is 0 Å². The molecule has 2 fully saturated rings. The minimum atomic E-state index is -2.67. The van der Waals surface area contributed by atoms with Crippen molar-refractivity contribution in [3.05, 3.63) is 0 Å². The number of aliphatic hydroxyl groups is 9. The van der Waals surface area contributed by atoms with Crippen LogP contribution in [-0.2, 0) is 14.2 Å². The maximum atomic E-state index is 10.1. The summed E-state index contributed by atoms with van der Waals surface area (Å²) < 4.78 is 14.3. The summed E-state index contributed by atoms with van der Waals surface area (Å²) in [5.41, 5.74) is 0. The monoisotopic (exact) mass is 344 g/mol. The average molecular weight is 344 g/mol. The minimum absolute atomic E-state index is 1.17. The molecule has 0 aromatic rings. The van der Waals surface area contributed by atoms with Crippen LogP contribution >= 0.6 is 0 Å². The Hall–Kier alpha value is -0.480. The molecule has 2 rings (SSSR count). The molecule has 0 amide bonds. The molecule has 2 aliphatic heterocycles. The van der Waals surface area contributed by atoms with Gasteiger partial charge in [0.25, 0.3) is 0 Å². The zero-order valence-corrected chi connectivity index (χ0v) is 11.7. The standard InChI is InChI=1S/C11H20O12/c12-1-11(20)7(3(14)5(16)9(19)23-11)21-10-6(17)2(13)4(15)8(18)22-10/h2-10,12-20H,1H2/t2-,3-,4-,5+,6+,7-,8-,9+,10+,11+/m0/s1. The quantitative estimate of drug-likeness (QED) is 0.234. The van der Waals surface area contributed by atoms with E-state index in [1.54, 1.807) is 0 Å². The largest absolute Gasteiger partial charge is 0.391 e. The first-order valence-corrected chi connectivity index (χ1v) is 6.71. The van der Waals surface area contributed by atoms with Crippen LogP contribution in [0.15, 0.2) is 0 Å². The van der Waals surface area contributed by atoms with Crippen LogP contribution in [0.1, 0.15) is 0 Å². The van der Waals surface area contributed by atoms with Crippen LogP contribution in [0.4, 0.5) is 0 Å². The Kier molecular flexibility index (Phi) is 5.57. The Bertz CT molecular complexity index is 408.